The van der Waals surface area contributed by atoms with E-state index in [4.69, 9.17) is 0 Å². The largest absolute Gasteiger partial charge is 0.359 e. The van der Waals surface area contributed by atoms with Gasteiger partial charge in [-0.15, -0.1) is 0 Å². The maximum Gasteiger partial charge on any atom is 0.324 e. The second-order valence-electron chi connectivity index (χ2n) is 7.42. The van der Waals surface area contributed by atoms with Gasteiger partial charge in [0.15, 0.2) is 0 Å². The summed E-state index contributed by atoms with van der Waals surface area (Å²) >= 11 is 0. The molecule has 0 bridgehead atoms. The zero-order valence-corrected chi connectivity index (χ0v) is 16.2. The van der Waals surface area contributed by atoms with E-state index < -0.39 is 0 Å². The molecule has 2 heterocycles. The van der Waals surface area contributed by atoms with Gasteiger partial charge < -0.3 is 15.5 Å². The van der Waals surface area contributed by atoms with Crippen LogP contribution in [0.4, 0.5) is 10.5 Å². The number of hydrogen-bond donors (Lipinski definition) is 2. The molecule has 0 spiro atoms. The molecular formula is C20H28N4O3. The molecular weight excluding hydrogens is 344 g/mol. The Labute approximate surface area is 160 Å². The van der Waals surface area contributed by atoms with Gasteiger partial charge in [0.05, 0.1) is 12.5 Å². The summed E-state index contributed by atoms with van der Waals surface area (Å²) in [5, 5.41) is 5.74. The average molecular weight is 372 g/mol. The van der Waals surface area contributed by atoms with E-state index in [1.54, 1.807) is 0 Å². The average Bonchev–Trinajstić information content (AvgIpc) is 3.09. The summed E-state index contributed by atoms with van der Waals surface area (Å²) in [6.07, 6.45) is 1.52. The van der Waals surface area contributed by atoms with Crippen LogP contribution in [0.15, 0.2) is 24.3 Å². The van der Waals surface area contributed by atoms with Crippen molar-refractivity contribution >= 4 is 23.5 Å². The van der Waals surface area contributed by atoms with Crippen molar-refractivity contribution in [3.8, 4) is 0 Å². The monoisotopic (exact) mass is 372 g/mol. The quantitative estimate of drug-likeness (QED) is 0.826. The molecule has 146 valence electrons. The molecule has 1 aromatic carbocycles. The van der Waals surface area contributed by atoms with E-state index in [2.05, 4.69) is 10.6 Å². The summed E-state index contributed by atoms with van der Waals surface area (Å²) in [5.74, 6) is -0.408. The third-order valence-electron chi connectivity index (χ3n) is 5.51. The van der Waals surface area contributed by atoms with Crippen LogP contribution in [-0.4, -0.2) is 54.5 Å². The molecule has 2 N–H and O–H groups in total. The van der Waals surface area contributed by atoms with Gasteiger partial charge in [0.25, 0.3) is 0 Å². The molecule has 7 heteroatoms. The molecule has 0 aromatic heterocycles. The first-order chi connectivity index (χ1) is 12.9. The number of carbonyl (C=O) groups excluding carboxylic acids is 3. The molecule has 0 aliphatic carbocycles. The van der Waals surface area contributed by atoms with E-state index in [9.17, 15) is 14.4 Å². The van der Waals surface area contributed by atoms with Gasteiger partial charge in [0.2, 0.25) is 11.8 Å². The first kappa shape index (κ1) is 19.2. The van der Waals surface area contributed by atoms with Crippen LogP contribution in [0.1, 0.15) is 45.1 Å². The number of anilines is 1. The van der Waals surface area contributed by atoms with Crippen LogP contribution in [0.25, 0.3) is 0 Å². The van der Waals surface area contributed by atoms with Crippen LogP contribution in [0, 0.1) is 0 Å². The van der Waals surface area contributed by atoms with E-state index in [0.717, 1.165) is 17.7 Å². The molecule has 1 aromatic rings. The molecule has 1 fully saturated rings. The molecule has 2 aliphatic heterocycles. The number of fused-ring (bicyclic) bond motifs is 1. The van der Waals surface area contributed by atoms with Crippen molar-refractivity contribution in [2.75, 3.05) is 24.5 Å². The summed E-state index contributed by atoms with van der Waals surface area (Å²) in [5.41, 5.74) is 1.84. The van der Waals surface area contributed by atoms with Gasteiger partial charge in [0, 0.05) is 30.9 Å². The van der Waals surface area contributed by atoms with Crippen molar-refractivity contribution in [1.29, 1.82) is 0 Å². The van der Waals surface area contributed by atoms with Crippen LogP contribution < -0.4 is 15.5 Å². The number of imide groups is 1. The maximum absolute atomic E-state index is 12.8. The Kier molecular flexibility index (Phi) is 5.68. The molecule has 3 rings (SSSR count). The Morgan fingerprint density at radius 1 is 1.33 bits per heavy atom. The van der Waals surface area contributed by atoms with Crippen LogP contribution in [0.2, 0.25) is 0 Å². The Morgan fingerprint density at radius 3 is 2.74 bits per heavy atom. The van der Waals surface area contributed by atoms with Gasteiger partial charge >= 0.3 is 6.03 Å². The predicted molar refractivity (Wildman–Crippen MR) is 104 cm³/mol. The van der Waals surface area contributed by atoms with Crippen molar-refractivity contribution in [2.45, 2.75) is 51.6 Å². The zero-order chi connectivity index (χ0) is 19.6. The van der Waals surface area contributed by atoms with Crippen molar-refractivity contribution in [3.05, 3.63) is 29.8 Å². The lowest BCUT2D eigenvalue weighted by Gasteiger charge is -2.40. The molecule has 27 heavy (non-hydrogen) atoms. The van der Waals surface area contributed by atoms with Crippen LogP contribution in [0.3, 0.4) is 0 Å². The van der Waals surface area contributed by atoms with Gasteiger partial charge in [-0.2, -0.15) is 0 Å². The van der Waals surface area contributed by atoms with Gasteiger partial charge in [-0.1, -0.05) is 25.1 Å². The first-order valence-corrected chi connectivity index (χ1v) is 9.66. The van der Waals surface area contributed by atoms with Crippen molar-refractivity contribution in [1.82, 2.24) is 15.5 Å². The number of hydrogen-bond acceptors (Lipinski definition) is 4. The molecule has 3 unspecified atom stereocenters. The third-order valence-corrected chi connectivity index (χ3v) is 5.51. The third kappa shape index (κ3) is 3.91. The number of nitrogens with one attached hydrogen (secondary N) is 2. The Hall–Kier alpha value is -2.57. The van der Waals surface area contributed by atoms with E-state index >= 15 is 0 Å². The fourth-order valence-corrected chi connectivity index (χ4v) is 3.75. The van der Waals surface area contributed by atoms with Crippen LogP contribution in [0.5, 0.6) is 0 Å². The molecule has 4 amide bonds. The van der Waals surface area contributed by atoms with E-state index in [0.29, 0.717) is 19.5 Å². The first-order valence-electron chi connectivity index (χ1n) is 9.66. The minimum absolute atomic E-state index is 0.0159. The minimum Gasteiger partial charge on any atom is -0.359 e. The van der Waals surface area contributed by atoms with Crippen molar-refractivity contribution in [3.63, 3.8) is 0 Å². The van der Waals surface area contributed by atoms with E-state index in [1.165, 1.54) is 4.90 Å². The number of benzene rings is 1. The topological polar surface area (TPSA) is 81.8 Å². The van der Waals surface area contributed by atoms with Crippen molar-refractivity contribution < 1.29 is 14.4 Å². The summed E-state index contributed by atoms with van der Waals surface area (Å²) in [4.78, 5) is 40.5. The number of urea groups is 1. The highest BCUT2D eigenvalue weighted by Gasteiger charge is 2.36. The molecule has 3 atom stereocenters. The highest BCUT2D eigenvalue weighted by atomic mass is 16.2. The number of para-hydroxylation sites is 1. The smallest absolute Gasteiger partial charge is 0.324 e. The van der Waals surface area contributed by atoms with Gasteiger partial charge in [0.1, 0.15) is 0 Å². The standard InChI is InChI=1S/C20H28N4O3/c1-4-13(2)22-19(26)16-11-14(3)24(17-8-6-5-7-15(16)17)12-18(25)23-10-9-21-20(23)27/h5-8,13-14,16H,4,9-12H2,1-3H3,(H,21,27)(H,22,26). The van der Waals surface area contributed by atoms with Gasteiger partial charge in [-0.3, -0.25) is 14.5 Å². The Bertz CT molecular complexity index is 736. The lowest BCUT2D eigenvalue weighted by Crippen LogP contribution is -2.49. The van der Waals surface area contributed by atoms with Crippen molar-refractivity contribution in [2.24, 2.45) is 0 Å². The highest BCUT2D eigenvalue weighted by molar-refractivity contribution is 5.98. The van der Waals surface area contributed by atoms with Crippen LogP contribution >= 0.6 is 0 Å². The normalized spacial score (nSPS) is 22.9. The predicted octanol–water partition coefficient (Wildman–Crippen LogP) is 1.84. The zero-order valence-electron chi connectivity index (χ0n) is 16.2. The number of rotatable bonds is 5. The number of carbonyl (C=O) groups is 3. The van der Waals surface area contributed by atoms with E-state index in [-0.39, 0.29) is 42.4 Å². The van der Waals surface area contributed by atoms with Gasteiger partial charge in [-0.25, -0.2) is 4.79 Å². The molecule has 0 radical (unpaired) electrons. The second kappa shape index (κ2) is 7.98. The number of nitrogens with zero attached hydrogens (tertiary/aromatic N) is 2. The lowest BCUT2D eigenvalue weighted by atomic mass is 9.85. The minimum atomic E-state index is -0.330. The number of amides is 4. The SMILES string of the molecule is CCC(C)NC(=O)C1CC(C)N(CC(=O)N2CCNC2=O)c2ccccc21. The second-order valence-corrected chi connectivity index (χ2v) is 7.42. The summed E-state index contributed by atoms with van der Waals surface area (Å²) in [6.45, 7) is 7.10. The molecule has 7 nitrogen and oxygen atoms in total. The Morgan fingerprint density at radius 2 is 2.07 bits per heavy atom. The van der Waals surface area contributed by atoms with Gasteiger partial charge in [-0.05, 0) is 38.3 Å². The Balaban J connectivity index is 1.82. The summed E-state index contributed by atoms with van der Waals surface area (Å²) in [6, 6.07) is 7.57. The molecule has 0 saturated carbocycles. The summed E-state index contributed by atoms with van der Waals surface area (Å²) < 4.78 is 0. The summed E-state index contributed by atoms with van der Waals surface area (Å²) in [7, 11) is 0. The highest BCUT2D eigenvalue weighted by Crippen LogP contribution is 2.38. The molecule has 2 aliphatic rings. The fourth-order valence-electron chi connectivity index (χ4n) is 3.75. The maximum atomic E-state index is 12.8. The van der Waals surface area contributed by atoms with E-state index in [1.807, 2.05) is 49.9 Å². The molecule has 1 saturated heterocycles. The fraction of sp³-hybridized carbons (Fsp3) is 0.550. The lowest BCUT2D eigenvalue weighted by molar-refractivity contribution is -0.126. The van der Waals surface area contributed by atoms with Crippen LogP contribution in [-0.2, 0) is 9.59 Å².